The Morgan fingerprint density at radius 3 is 2.57 bits per heavy atom. The van der Waals surface area contributed by atoms with E-state index in [9.17, 15) is 4.39 Å². The van der Waals surface area contributed by atoms with Crippen molar-refractivity contribution in [3.63, 3.8) is 0 Å². The van der Waals surface area contributed by atoms with Gasteiger partial charge in [0.2, 0.25) is 0 Å². The quantitative estimate of drug-likeness (QED) is 0.850. The van der Waals surface area contributed by atoms with Crippen LogP contribution in [0.2, 0.25) is 0 Å². The number of nitrogens with zero attached hydrogens (tertiary/aromatic N) is 1. The van der Waals surface area contributed by atoms with Crippen molar-refractivity contribution in [3.05, 3.63) is 66.0 Å². The zero-order chi connectivity index (χ0) is 14.5. The van der Waals surface area contributed by atoms with Crippen molar-refractivity contribution in [2.45, 2.75) is 18.9 Å². The standard InChI is InChI=1S/C18H20FNO/c19-16-7-10-17(11-8-16)20-12-13-21-14-18(20)9-6-15-4-2-1-3-5-15/h1-5,7-8,10-11,18H,6,9,12-14H2. The molecule has 3 heteroatoms. The molecule has 2 aromatic rings. The lowest BCUT2D eigenvalue weighted by Crippen LogP contribution is -2.45. The molecule has 0 radical (unpaired) electrons. The SMILES string of the molecule is Fc1ccc(N2CCOCC2CCc2ccccc2)cc1. The van der Waals surface area contributed by atoms with Gasteiger partial charge in [0, 0.05) is 12.2 Å². The number of halogens is 1. The number of rotatable bonds is 4. The lowest BCUT2D eigenvalue weighted by molar-refractivity contribution is 0.0916. The number of anilines is 1. The molecule has 1 unspecified atom stereocenters. The van der Waals surface area contributed by atoms with Gasteiger partial charge in [0.25, 0.3) is 0 Å². The highest BCUT2D eigenvalue weighted by molar-refractivity contribution is 5.47. The van der Waals surface area contributed by atoms with Gasteiger partial charge in [0.15, 0.2) is 0 Å². The summed E-state index contributed by atoms with van der Waals surface area (Å²) >= 11 is 0. The van der Waals surface area contributed by atoms with Crippen molar-refractivity contribution in [1.82, 2.24) is 0 Å². The van der Waals surface area contributed by atoms with E-state index in [2.05, 4.69) is 29.2 Å². The smallest absolute Gasteiger partial charge is 0.123 e. The molecule has 0 N–H and O–H groups in total. The summed E-state index contributed by atoms with van der Waals surface area (Å²) in [4.78, 5) is 2.34. The number of hydrogen-bond donors (Lipinski definition) is 0. The number of benzene rings is 2. The normalized spacial score (nSPS) is 18.7. The van der Waals surface area contributed by atoms with E-state index >= 15 is 0 Å². The fourth-order valence-corrected chi connectivity index (χ4v) is 2.84. The molecule has 2 nitrogen and oxygen atoms in total. The predicted octanol–water partition coefficient (Wildman–Crippen LogP) is 3.66. The second kappa shape index (κ2) is 6.72. The van der Waals surface area contributed by atoms with Crippen molar-refractivity contribution < 1.29 is 9.13 Å². The first-order valence-corrected chi connectivity index (χ1v) is 7.47. The summed E-state index contributed by atoms with van der Waals surface area (Å²) in [6.07, 6.45) is 2.08. The van der Waals surface area contributed by atoms with Crippen molar-refractivity contribution in [2.75, 3.05) is 24.7 Å². The van der Waals surface area contributed by atoms with Crippen LogP contribution in [-0.2, 0) is 11.2 Å². The topological polar surface area (TPSA) is 12.5 Å². The van der Waals surface area contributed by atoms with E-state index in [0.717, 1.165) is 38.3 Å². The van der Waals surface area contributed by atoms with Gasteiger partial charge in [-0.1, -0.05) is 30.3 Å². The van der Waals surface area contributed by atoms with Gasteiger partial charge in [-0.25, -0.2) is 4.39 Å². The van der Waals surface area contributed by atoms with Gasteiger partial charge >= 0.3 is 0 Å². The van der Waals surface area contributed by atoms with Crippen LogP contribution in [0.3, 0.4) is 0 Å². The Bertz CT molecular complexity index is 555. The van der Waals surface area contributed by atoms with Gasteiger partial charge in [-0.3, -0.25) is 0 Å². The Morgan fingerprint density at radius 2 is 1.81 bits per heavy atom. The summed E-state index contributed by atoms with van der Waals surface area (Å²) in [5.41, 5.74) is 2.43. The predicted molar refractivity (Wildman–Crippen MR) is 83.1 cm³/mol. The minimum atomic E-state index is -0.187. The Kier molecular flexibility index (Phi) is 4.51. The zero-order valence-corrected chi connectivity index (χ0v) is 12.0. The second-order valence-electron chi connectivity index (χ2n) is 5.42. The molecule has 21 heavy (non-hydrogen) atoms. The zero-order valence-electron chi connectivity index (χ0n) is 12.0. The van der Waals surface area contributed by atoms with Crippen LogP contribution in [-0.4, -0.2) is 25.8 Å². The van der Waals surface area contributed by atoms with E-state index in [4.69, 9.17) is 4.74 Å². The van der Waals surface area contributed by atoms with Crippen LogP contribution in [0.25, 0.3) is 0 Å². The van der Waals surface area contributed by atoms with E-state index in [1.165, 1.54) is 17.7 Å². The first-order chi connectivity index (χ1) is 10.3. The molecule has 0 saturated carbocycles. The molecule has 1 fully saturated rings. The van der Waals surface area contributed by atoms with Crippen LogP contribution in [0.4, 0.5) is 10.1 Å². The van der Waals surface area contributed by atoms with Crippen molar-refractivity contribution >= 4 is 5.69 Å². The molecule has 110 valence electrons. The van der Waals surface area contributed by atoms with Crippen molar-refractivity contribution in [2.24, 2.45) is 0 Å². The maximum absolute atomic E-state index is 13.1. The number of morpholine rings is 1. The van der Waals surface area contributed by atoms with Gasteiger partial charge in [-0.05, 0) is 42.7 Å². The number of ether oxygens (including phenoxy) is 1. The van der Waals surface area contributed by atoms with Gasteiger partial charge in [0.05, 0.1) is 19.3 Å². The lowest BCUT2D eigenvalue weighted by Gasteiger charge is -2.37. The van der Waals surface area contributed by atoms with Crippen LogP contribution >= 0.6 is 0 Å². The molecule has 1 aliphatic heterocycles. The van der Waals surface area contributed by atoms with Gasteiger partial charge < -0.3 is 9.64 Å². The van der Waals surface area contributed by atoms with Crippen LogP contribution in [0, 0.1) is 5.82 Å². The average molecular weight is 285 g/mol. The molecular weight excluding hydrogens is 265 g/mol. The summed E-state index contributed by atoms with van der Waals surface area (Å²) in [6, 6.07) is 17.6. The summed E-state index contributed by atoms with van der Waals surface area (Å²) in [7, 11) is 0. The summed E-state index contributed by atoms with van der Waals surface area (Å²) in [5, 5.41) is 0. The van der Waals surface area contributed by atoms with E-state index in [-0.39, 0.29) is 5.82 Å². The molecule has 1 aliphatic rings. The molecule has 1 heterocycles. The van der Waals surface area contributed by atoms with Gasteiger partial charge in [-0.15, -0.1) is 0 Å². The highest BCUT2D eigenvalue weighted by Crippen LogP contribution is 2.22. The average Bonchev–Trinajstić information content (AvgIpc) is 2.55. The lowest BCUT2D eigenvalue weighted by atomic mass is 10.0. The molecule has 2 aromatic carbocycles. The third-order valence-corrected chi connectivity index (χ3v) is 3.99. The summed E-state index contributed by atoms with van der Waals surface area (Å²) in [6.45, 7) is 2.34. The highest BCUT2D eigenvalue weighted by Gasteiger charge is 2.23. The maximum atomic E-state index is 13.1. The molecule has 3 rings (SSSR count). The molecule has 0 aromatic heterocycles. The minimum absolute atomic E-state index is 0.187. The molecule has 0 aliphatic carbocycles. The van der Waals surface area contributed by atoms with Crippen LogP contribution in [0.1, 0.15) is 12.0 Å². The molecule has 1 saturated heterocycles. The van der Waals surface area contributed by atoms with Gasteiger partial charge in [-0.2, -0.15) is 0 Å². The summed E-state index contributed by atoms with van der Waals surface area (Å²) < 4.78 is 18.7. The summed E-state index contributed by atoms with van der Waals surface area (Å²) in [5.74, 6) is -0.187. The van der Waals surface area contributed by atoms with Crippen molar-refractivity contribution in [3.8, 4) is 0 Å². The van der Waals surface area contributed by atoms with Crippen LogP contribution in [0.5, 0.6) is 0 Å². The first kappa shape index (κ1) is 14.1. The monoisotopic (exact) mass is 285 g/mol. The molecule has 1 atom stereocenters. The van der Waals surface area contributed by atoms with E-state index in [0.29, 0.717) is 6.04 Å². The number of hydrogen-bond acceptors (Lipinski definition) is 2. The second-order valence-corrected chi connectivity index (χ2v) is 5.42. The van der Waals surface area contributed by atoms with E-state index < -0.39 is 0 Å². The van der Waals surface area contributed by atoms with Gasteiger partial charge in [0.1, 0.15) is 5.82 Å². The van der Waals surface area contributed by atoms with E-state index in [1.54, 1.807) is 0 Å². The van der Waals surface area contributed by atoms with Crippen molar-refractivity contribution in [1.29, 1.82) is 0 Å². The van der Waals surface area contributed by atoms with Crippen LogP contribution in [0.15, 0.2) is 54.6 Å². The maximum Gasteiger partial charge on any atom is 0.123 e. The van der Waals surface area contributed by atoms with Crippen LogP contribution < -0.4 is 4.90 Å². The third kappa shape index (κ3) is 3.61. The molecule has 0 bridgehead atoms. The first-order valence-electron chi connectivity index (χ1n) is 7.47. The largest absolute Gasteiger partial charge is 0.377 e. The molecule has 0 spiro atoms. The minimum Gasteiger partial charge on any atom is -0.377 e. The fourth-order valence-electron chi connectivity index (χ4n) is 2.84. The molecule has 0 amide bonds. The number of aryl methyl sites for hydroxylation is 1. The third-order valence-electron chi connectivity index (χ3n) is 3.99. The Morgan fingerprint density at radius 1 is 1.05 bits per heavy atom. The van der Waals surface area contributed by atoms with E-state index in [1.807, 2.05) is 18.2 Å². The highest BCUT2D eigenvalue weighted by atomic mass is 19.1. The Hall–Kier alpha value is -1.87. The Labute approximate surface area is 125 Å². The molecular formula is C18H20FNO. The Balaban J connectivity index is 1.68. The fraction of sp³-hybridized carbons (Fsp3) is 0.333.